The van der Waals surface area contributed by atoms with Crippen molar-refractivity contribution in [1.29, 1.82) is 0 Å². The molecular weight excluding hydrogens is 219 g/mol. The number of unbranched alkanes of at least 4 members (excludes halogenated alkanes) is 1. The molecule has 0 aromatic carbocycles. The summed E-state index contributed by atoms with van der Waals surface area (Å²) >= 11 is 0.0772. The number of hydrogen-bond donors (Lipinski definition) is 0. The summed E-state index contributed by atoms with van der Waals surface area (Å²) < 4.78 is 5.17. The fourth-order valence-electron chi connectivity index (χ4n) is 0.775. The zero-order valence-electron chi connectivity index (χ0n) is 7.08. The molecule has 1 aromatic rings. The van der Waals surface area contributed by atoms with Gasteiger partial charge in [0.1, 0.15) is 0 Å². The molecule has 0 saturated carbocycles. The van der Waals surface area contributed by atoms with Gasteiger partial charge in [0.2, 0.25) is 0 Å². The van der Waals surface area contributed by atoms with Crippen LogP contribution in [0.2, 0.25) is 5.32 Å². The van der Waals surface area contributed by atoms with Crippen LogP contribution >= 0.6 is 0 Å². The van der Waals surface area contributed by atoms with Gasteiger partial charge in [-0.2, -0.15) is 0 Å². The molecule has 0 bridgehead atoms. The summed E-state index contributed by atoms with van der Waals surface area (Å²) in [4.78, 5) is 11.3. The molecular formula is C9H12O2Se. The molecule has 0 saturated heterocycles. The Bertz CT molecular complexity index is 229. The van der Waals surface area contributed by atoms with Gasteiger partial charge in [0.15, 0.2) is 0 Å². The van der Waals surface area contributed by atoms with Crippen molar-refractivity contribution in [1.82, 2.24) is 0 Å². The predicted molar refractivity (Wildman–Crippen MR) is 48.5 cm³/mol. The molecule has 3 heteroatoms. The summed E-state index contributed by atoms with van der Waals surface area (Å²) in [6.45, 7) is 2.13. The van der Waals surface area contributed by atoms with E-state index in [1.807, 2.05) is 0 Å². The second-order valence-corrected chi connectivity index (χ2v) is 4.71. The maximum atomic E-state index is 11.3. The first kappa shape index (κ1) is 9.56. The van der Waals surface area contributed by atoms with E-state index >= 15 is 0 Å². The summed E-state index contributed by atoms with van der Waals surface area (Å²) in [6.07, 6.45) is 3.85. The Morgan fingerprint density at radius 3 is 3.08 bits per heavy atom. The van der Waals surface area contributed by atoms with Crippen LogP contribution in [0.15, 0.2) is 22.8 Å². The first-order valence-corrected chi connectivity index (χ1v) is 6.12. The van der Waals surface area contributed by atoms with Crippen LogP contribution in [0.5, 0.6) is 0 Å². The monoisotopic (exact) mass is 232 g/mol. The number of furan rings is 1. The average molecular weight is 231 g/mol. The molecule has 0 aliphatic heterocycles. The van der Waals surface area contributed by atoms with Gasteiger partial charge < -0.3 is 0 Å². The van der Waals surface area contributed by atoms with Gasteiger partial charge in [-0.15, -0.1) is 0 Å². The Balaban J connectivity index is 2.30. The number of carbonyl (C=O) groups is 1. The average Bonchev–Trinajstić information content (AvgIpc) is 2.56. The Hall–Kier alpha value is -0.531. The number of carbonyl (C=O) groups excluding carboxylic acids is 1. The van der Waals surface area contributed by atoms with Crippen molar-refractivity contribution in [2.75, 3.05) is 0 Å². The molecule has 2 nitrogen and oxygen atoms in total. The molecule has 12 heavy (non-hydrogen) atoms. The van der Waals surface area contributed by atoms with Crippen LogP contribution in [0.1, 0.15) is 30.3 Å². The van der Waals surface area contributed by atoms with Crippen molar-refractivity contribution in [3.05, 3.63) is 24.2 Å². The quantitative estimate of drug-likeness (QED) is 0.575. The molecule has 1 rings (SSSR count). The normalized spacial score (nSPS) is 10.1. The van der Waals surface area contributed by atoms with E-state index in [4.69, 9.17) is 4.42 Å². The summed E-state index contributed by atoms with van der Waals surface area (Å²) in [7, 11) is 0. The molecule has 0 spiro atoms. The topological polar surface area (TPSA) is 30.2 Å². The summed E-state index contributed by atoms with van der Waals surface area (Å²) in [6, 6.07) is 3.49. The fourth-order valence-corrected chi connectivity index (χ4v) is 2.61. The van der Waals surface area contributed by atoms with Gasteiger partial charge in [-0.3, -0.25) is 0 Å². The van der Waals surface area contributed by atoms with Gasteiger partial charge in [-0.1, -0.05) is 0 Å². The van der Waals surface area contributed by atoms with E-state index in [1.165, 1.54) is 0 Å². The van der Waals surface area contributed by atoms with E-state index in [0.717, 1.165) is 18.2 Å². The molecule has 0 atom stereocenters. The molecule has 0 aliphatic rings. The molecule has 1 aromatic heterocycles. The van der Waals surface area contributed by atoms with Gasteiger partial charge in [0, 0.05) is 0 Å². The summed E-state index contributed by atoms with van der Waals surface area (Å²) in [5.74, 6) is 0.520. The van der Waals surface area contributed by atoms with Crippen LogP contribution in [-0.2, 0) is 0 Å². The molecule has 0 aliphatic carbocycles. The Labute approximate surface area is 78.5 Å². The SMILES string of the molecule is CCCC[Se]C(=O)c1ccco1. The van der Waals surface area contributed by atoms with Crippen molar-refractivity contribution in [3.8, 4) is 0 Å². The van der Waals surface area contributed by atoms with Gasteiger partial charge in [0.25, 0.3) is 0 Å². The maximum absolute atomic E-state index is 11.3. The van der Waals surface area contributed by atoms with Crippen LogP contribution in [0.25, 0.3) is 0 Å². The number of rotatable bonds is 5. The Kier molecular flexibility index (Phi) is 4.12. The van der Waals surface area contributed by atoms with Gasteiger partial charge in [-0.25, -0.2) is 0 Å². The van der Waals surface area contributed by atoms with Gasteiger partial charge in [0.05, 0.1) is 0 Å². The first-order chi connectivity index (χ1) is 5.84. The van der Waals surface area contributed by atoms with Crippen LogP contribution in [0, 0.1) is 0 Å². The predicted octanol–water partition coefficient (Wildman–Crippen LogP) is 2.34. The van der Waals surface area contributed by atoms with Crippen molar-refractivity contribution < 1.29 is 9.21 Å². The third-order valence-corrected chi connectivity index (χ3v) is 3.46. The Morgan fingerprint density at radius 1 is 1.67 bits per heavy atom. The molecule has 0 radical (unpaired) electrons. The van der Waals surface area contributed by atoms with E-state index < -0.39 is 0 Å². The van der Waals surface area contributed by atoms with E-state index in [-0.39, 0.29) is 19.6 Å². The molecule has 1 heterocycles. The van der Waals surface area contributed by atoms with Gasteiger partial charge in [-0.05, 0) is 0 Å². The van der Waals surface area contributed by atoms with Crippen LogP contribution in [-0.4, -0.2) is 19.6 Å². The molecule has 0 unspecified atom stereocenters. The van der Waals surface area contributed by atoms with Crippen LogP contribution < -0.4 is 0 Å². The van der Waals surface area contributed by atoms with E-state index in [2.05, 4.69) is 6.92 Å². The standard InChI is InChI=1S/C9H12O2Se/c1-2-3-7-12-9(10)8-5-4-6-11-8/h4-6H,2-3,7H2,1H3. The van der Waals surface area contributed by atoms with Crippen LogP contribution in [0.3, 0.4) is 0 Å². The van der Waals surface area contributed by atoms with Crippen molar-refractivity contribution >= 4 is 19.6 Å². The third kappa shape index (κ3) is 2.84. The Morgan fingerprint density at radius 2 is 2.50 bits per heavy atom. The zero-order valence-corrected chi connectivity index (χ0v) is 8.79. The zero-order chi connectivity index (χ0) is 8.81. The molecule has 66 valence electrons. The first-order valence-electron chi connectivity index (χ1n) is 4.05. The van der Waals surface area contributed by atoms with Crippen LogP contribution in [0.4, 0.5) is 0 Å². The van der Waals surface area contributed by atoms with Crippen molar-refractivity contribution in [2.45, 2.75) is 25.1 Å². The second kappa shape index (κ2) is 5.17. The van der Waals surface area contributed by atoms with E-state index in [0.29, 0.717) is 5.76 Å². The minimum atomic E-state index is 0.0772. The van der Waals surface area contributed by atoms with Crippen molar-refractivity contribution in [3.63, 3.8) is 0 Å². The fraction of sp³-hybridized carbons (Fsp3) is 0.444. The van der Waals surface area contributed by atoms with Gasteiger partial charge >= 0.3 is 78.1 Å². The third-order valence-electron chi connectivity index (χ3n) is 1.45. The summed E-state index contributed by atoms with van der Waals surface area (Å²) in [5, 5.41) is 1.03. The minimum absolute atomic E-state index is 0.0772. The molecule has 0 amide bonds. The van der Waals surface area contributed by atoms with Crippen molar-refractivity contribution in [2.24, 2.45) is 0 Å². The number of hydrogen-bond acceptors (Lipinski definition) is 2. The molecule has 0 N–H and O–H groups in total. The van der Waals surface area contributed by atoms with E-state index in [9.17, 15) is 4.79 Å². The second-order valence-electron chi connectivity index (χ2n) is 2.47. The molecule has 0 fully saturated rings. The summed E-state index contributed by atoms with van der Waals surface area (Å²) in [5.41, 5.74) is 0. The van der Waals surface area contributed by atoms with E-state index in [1.54, 1.807) is 18.4 Å².